The minimum absolute atomic E-state index is 0. The average Bonchev–Trinajstić information content (AvgIpc) is 2.44. The number of hydrogen-bond acceptors (Lipinski definition) is 4. The van der Waals surface area contributed by atoms with E-state index in [1.807, 2.05) is 0 Å². The van der Waals surface area contributed by atoms with E-state index in [4.69, 9.17) is 4.74 Å². The third-order valence-corrected chi connectivity index (χ3v) is 3.63. The van der Waals surface area contributed by atoms with Gasteiger partial charge in [0.1, 0.15) is 6.04 Å². The van der Waals surface area contributed by atoms with Gasteiger partial charge in [-0.05, 0) is 39.4 Å². The molecule has 128 valence electrons. The highest BCUT2D eigenvalue weighted by Crippen LogP contribution is 2.01. The van der Waals surface area contributed by atoms with Gasteiger partial charge < -0.3 is 20.3 Å². The van der Waals surface area contributed by atoms with E-state index in [0.29, 0.717) is 13.2 Å². The molecule has 0 aliphatic carbocycles. The van der Waals surface area contributed by atoms with Crippen molar-refractivity contribution >= 4 is 30.7 Å². The smallest absolute Gasteiger partial charge is 0.239 e. The van der Waals surface area contributed by atoms with Crippen molar-refractivity contribution in [1.82, 2.24) is 15.5 Å². The Labute approximate surface area is 141 Å². The summed E-state index contributed by atoms with van der Waals surface area (Å²) in [6.07, 6.45) is 2.15. The molecule has 1 aliphatic heterocycles. The molecule has 0 aromatic carbocycles. The maximum atomic E-state index is 12.0. The zero-order chi connectivity index (χ0) is 14.1. The standard InChI is InChI=1S/C14H29N3O2.2ClH/c1-4-17(5-2)9-6-7-12(3)16-14(18)13-11-19-10-8-15-13;;/h12-13,15H,4-11H2,1-3H3,(H,16,18);2*1H. The molecule has 1 saturated heterocycles. The summed E-state index contributed by atoms with van der Waals surface area (Å²) < 4.78 is 5.30. The molecule has 1 aliphatic rings. The van der Waals surface area contributed by atoms with Gasteiger partial charge in [-0.1, -0.05) is 13.8 Å². The average molecular weight is 344 g/mol. The van der Waals surface area contributed by atoms with Crippen molar-refractivity contribution in [1.29, 1.82) is 0 Å². The Morgan fingerprint density at radius 2 is 2.05 bits per heavy atom. The Hall–Kier alpha value is -0.0700. The van der Waals surface area contributed by atoms with Gasteiger partial charge in [-0.15, -0.1) is 24.8 Å². The quantitative estimate of drug-likeness (QED) is 0.700. The van der Waals surface area contributed by atoms with Crippen LogP contribution in [-0.2, 0) is 9.53 Å². The van der Waals surface area contributed by atoms with Crippen LogP contribution in [0, 0.1) is 0 Å². The highest BCUT2D eigenvalue weighted by atomic mass is 35.5. The summed E-state index contributed by atoms with van der Waals surface area (Å²) in [6, 6.07) is 0.0470. The zero-order valence-electron chi connectivity index (χ0n) is 13.4. The van der Waals surface area contributed by atoms with Gasteiger partial charge in [0.05, 0.1) is 13.2 Å². The molecule has 0 saturated carbocycles. The molecule has 0 bridgehead atoms. The summed E-state index contributed by atoms with van der Waals surface area (Å²) in [5.41, 5.74) is 0. The molecule has 0 aromatic heterocycles. The minimum Gasteiger partial charge on any atom is -0.378 e. The molecular weight excluding hydrogens is 313 g/mol. The number of carbonyl (C=O) groups excluding carboxylic acids is 1. The summed E-state index contributed by atoms with van der Waals surface area (Å²) in [4.78, 5) is 14.4. The van der Waals surface area contributed by atoms with Crippen molar-refractivity contribution in [2.75, 3.05) is 39.4 Å². The van der Waals surface area contributed by atoms with Crippen LogP contribution in [-0.4, -0.2) is 62.3 Å². The molecule has 1 fully saturated rings. The summed E-state index contributed by atoms with van der Waals surface area (Å²) in [5.74, 6) is 0.0649. The molecule has 0 spiro atoms. The van der Waals surface area contributed by atoms with E-state index in [0.717, 1.165) is 39.0 Å². The van der Waals surface area contributed by atoms with Gasteiger partial charge in [0.2, 0.25) is 5.91 Å². The summed E-state index contributed by atoms with van der Waals surface area (Å²) in [6.45, 7) is 11.7. The molecule has 5 nitrogen and oxygen atoms in total. The SMILES string of the molecule is CCN(CC)CCCC(C)NC(=O)C1COCCN1.Cl.Cl. The molecule has 2 N–H and O–H groups in total. The molecule has 1 rings (SSSR count). The van der Waals surface area contributed by atoms with Crippen molar-refractivity contribution in [3.05, 3.63) is 0 Å². The number of carbonyl (C=O) groups is 1. The van der Waals surface area contributed by atoms with Crippen molar-refractivity contribution in [3.63, 3.8) is 0 Å². The first-order valence-corrected chi connectivity index (χ1v) is 7.51. The van der Waals surface area contributed by atoms with Crippen LogP contribution in [0.3, 0.4) is 0 Å². The Morgan fingerprint density at radius 3 is 2.57 bits per heavy atom. The third kappa shape index (κ3) is 9.53. The largest absolute Gasteiger partial charge is 0.378 e. The lowest BCUT2D eigenvalue weighted by Crippen LogP contribution is -2.52. The summed E-state index contributed by atoms with van der Waals surface area (Å²) in [7, 11) is 0. The minimum atomic E-state index is -0.181. The predicted octanol–water partition coefficient (Wildman–Crippen LogP) is 1.45. The lowest BCUT2D eigenvalue weighted by Gasteiger charge is -2.25. The second-order valence-electron chi connectivity index (χ2n) is 5.16. The second kappa shape index (κ2) is 13.6. The zero-order valence-corrected chi connectivity index (χ0v) is 15.0. The van der Waals surface area contributed by atoms with Gasteiger partial charge in [0.25, 0.3) is 0 Å². The van der Waals surface area contributed by atoms with Gasteiger partial charge in [-0.25, -0.2) is 0 Å². The Balaban J connectivity index is 0. The van der Waals surface area contributed by atoms with E-state index in [1.54, 1.807) is 0 Å². The predicted molar refractivity (Wildman–Crippen MR) is 91.7 cm³/mol. The molecule has 0 radical (unpaired) electrons. The molecular formula is C14H31Cl2N3O2. The Bertz CT molecular complexity index is 261. The number of nitrogens with one attached hydrogen (secondary N) is 2. The summed E-state index contributed by atoms with van der Waals surface area (Å²) >= 11 is 0. The molecule has 21 heavy (non-hydrogen) atoms. The molecule has 1 amide bonds. The normalized spacial score (nSPS) is 19.3. The fraction of sp³-hybridized carbons (Fsp3) is 0.929. The highest BCUT2D eigenvalue weighted by Gasteiger charge is 2.22. The lowest BCUT2D eigenvalue weighted by molar-refractivity contribution is -0.126. The number of hydrogen-bond donors (Lipinski definition) is 2. The van der Waals surface area contributed by atoms with Crippen molar-refractivity contribution in [3.8, 4) is 0 Å². The van der Waals surface area contributed by atoms with Gasteiger partial charge in [0.15, 0.2) is 0 Å². The van der Waals surface area contributed by atoms with Crippen LogP contribution in [0.5, 0.6) is 0 Å². The van der Waals surface area contributed by atoms with Crippen LogP contribution in [0.25, 0.3) is 0 Å². The van der Waals surface area contributed by atoms with Crippen molar-refractivity contribution in [2.24, 2.45) is 0 Å². The first kappa shape index (κ1) is 23.2. The Morgan fingerprint density at radius 1 is 1.38 bits per heavy atom. The van der Waals surface area contributed by atoms with E-state index < -0.39 is 0 Å². The van der Waals surface area contributed by atoms with Gasteiger partial charge in [0, 0.05) is 12.6 Å². The van der Waals surface area contributed by atoms with Crippen molar-refractivity contribution in [2.45, 2.75) is 45.7 Å². The van der Waals surface area contributed by atoms with E-state index in [9.17, 15) is 4.79 Å². The maximum absolute atomic E-state index is 12.0. The maximum Gasteiger partial charge on any atom is 0.239 e. The number of amides is 1. The Kier molecular flexibility index (Phi) is 15.0. The van der Waals surface area contributed by atoms with Crippen LogP contribution in [0.2, 0.25) is 0 Å². The number of ether oxygens (including phenoxy) is 1. The van der Waals surface area contributed by atoms with Crippen LogP contribution >= 0.6 is 24.8 Å². The van der Waals surface area contributed by atoms with E-state index >= 15 is 0 Å². The van der Waals surface area contributed by atoms with Gasteiger partial charge in [-0.2, -0.15) is 0 Å². The lowest BCUT2D eigenvalue weighted by atomic mass is 10.1. The van der Waals surface area contributed by atoms with Gasteiger partial charge in [-0.3, -0.25) is 4.79 Å². The number of morpholine rings is 1. The molecule has 2 unspecified atom stereocenters. The van der Waals surface area contributed by atoms with Gasteiger partial charge >= 0.3 is 0 Å². The molecule has 7 heteroatoms. The first-order chi connectivity index (χ1) is 9.17. The van der Waals surface area contributed by atoms with Crippen LogP contribution < -0.4 is 10.6 Å². The second-order valence-corrected chi connectivity index (χ2v) is 5.16. The molecule has 0 aromatic rings. The first-order valence-electron chi connectivity index (χ1n) is 7.51. The monoisotopic (exact) mass is 343 g/mol. The van der Waals surface area contributed by atoms with E-state index in [2.05, 4.69) is 36.3 Å². The van der Waals surface area contributed by atoms with Crippen molar-refractivity contribution < 1.29 is 9.53 Å². The van der Waals surface area contributed by atoms with Crippen LogP contribution in [0.15, 0.2) is 0 Å². The topological polar surface area (TPSA) is 53.6 Å². The molecule has 1 heterocycles. The number of halogens is 2. The molecule has 2 atom stereocenters. The van der Waals surface area contributed by atoms with E-state index in [-0.39, 0.29) is 42.8 Å². The highest BCUT2D eigenvalue weighted by molar-refractivity contribution is 5.85. The number of nitrogens with zero attached hydrogens (tertiary/aromatic N) is 1. The van der Waals surface area contributed by atoms with E-state index in [1.165, 1.54) is 0 Å². The van der Waals surface area contributed by atoms with Crippen LogP contribution in [0.1, 0.15) is 33.6 Å². The fourth-order valence-electron chi connectivity index (χ4n) is 2.31. The fourth-order valence-corrected chi connectivity index (χ4v) is 2.31. The van der Waals surface area contributed by atoms with Crippen LogP contribution in [0.4, 0.5) is 0 Å². The third-order valence-electron chi connectivity index (χ3n) is 3.63. The number of rotatable bonds is 8. The summed E-state index contributed by atoms with van der Waals surface area (Å²) in [5, 5.41) is 6.23.